The third-order valence-electron chi connectivity index (χ3n) is 2.68. The highest BCUT2D eigenvalue weighted by Crippen LogP contribution is 2.28. The van der Waals surface area contributed by atoms with Crippen LogP contribution < -0.4 is 10.5 Å². The number of rotatable bonds is 5. The van der Waals surface area contributed by atoms with Gasteiger partial charge in [-0.25, -0.2) is 8.78 Å². The van der Waals surface area contributed by atoms with Gasteiger partial charge in [0.25, 0.3) is 0 Å². The Kier molecular flexibility index (Phi) is 4.36. The summed E-state index contributed by atoms with van der Waals surface area (Å²) < 4.78 is 34.5. The molecule has 21 heavy (non-hydrogen) atoms. The quantitative estimate of drug-likeness (QED) is 0.384. The molecule has 0 saturated heterocycles. The minimum Gasteiger partial charge on any atom is -0.448 e. The van der Waals surface area contributed by atoms with E-state index in [-0.39, 0.29) is 11.3 Å². The van der Waals surface area contributed by atoms with E-state index >= 15 is 0 Å². The molecule has 0 aliphatic rings. The Hall–Kier alpha value is -2.64. The van der Waals surface area contributed by atoms with Gasteiger partial charge in [0.2, 0.25) is 0 Å². The second-order valence-corrected chi connectivity index (χ2v) is 4.30. The first-order chi connectivity index (χ1) is 10.0. The van der Waals surface area contributed by atoms with E-state index in [2.05, 4.69) is 10.3 Å². The predicted octanol–water partition coefficient (Wildman–Crippen LogP) is 2.46. The molecule has 0 amide bonds. The van der Waals surface area contributed by atoms with E-state index in [1.807, 2.05) is 6.92 Å². The van der Waals surface area contributed by atoms with Crippen LogP contribution in [0.2, 0.25) is 0 Å². The van der Waals surface area contributed by atoms with Crippen LogP contribution in [0, 0.1) is 11.6 Å². The van der Waals surface area contributed by atoms with Crippen molar-refractivity contribution in [2.75, 3.05) is 0 Å². The van der Waals surface area contributed by atoms with Gasteiger partial charge in [-0.2, -0.15) is 5.10 Å². The van der Waals surface area contributed by atoms with Gasteiger partial charge in [0.05, 0.1) is 12.4 Å². The zero-order valence-corrected chi connectivity index (χ0v) is 11.3. The van der Waals surface area contributed by atoms with Gasteiger partial charge >= 0.3 is 0 Å². The normalized spacial score (nSPS) is 11.7. The summed E-state index contributed by atoms with van der Waals surface area (Å²) in [5.74, 6) is -2.66. The van der Waals surface area contributed by atoms with Gasteiger partial charge in [-0.3, -0.25) is 4.68 Å². The van der Waals surface area contributed by atoms with Crippen molar-refractivity contribution in [3.8, 4) is 11.5 Å². The van der Waals surface area contributed by atoms with Crippen LogP contribution >= 0.6 is 0 Å². The Bertz CT molecular complexity index is 647. The summed E-state index contributed by atoms with van der Waals surface area (Å²) in [5, 5.41) is 15.2. The molecule has 0 aliphatic carbocycles. The molecule has 2 rings (SSSR count). The molecule has 112 valence electrons. The van der Waals surface area contributed by atoms with Gasteiger partial charge in [-0.1, -0.05) is 12.1 Å². The second-order valence-electron chi connectivity index (χ2n) is 4.30. The fraction of sp³-hybridized carbons (Fsp3) is 0.231. The van der Waals surface area contributed by atoms with Gasteiger partial charge in [-0.05, 0) is 18.6 Å². The number of hydrogen-bond acceptors (Lipinski definition) is 4. The molecule has 0 spiro atoms. The summed E-state index contributed by atoms with van der Waals surface area (Å²) in [5.41, 5.74) is 5.20. The molecular formula is C13H14F2N4O2. The van der Waals surface area contributed by atoms with Gasteiger partial charge in [-0.15, -0.1) is 0 Å². The number of nitrogens with two attached hydrogens (primary N) is 1. The van der Waals surface area contributed by atoms with Gasteiger partial charge < -0.3 is 15.7 Å². The molecular weight excluding hydrogens is 282 g/mol. The summed E-state index contributed by atoms with van der Waals surface area (Å²) in [7, 11) is 0. The Morgan fingerprint density at radius 1 is 1.43 bits per heavy atom. The van der Waals surface area contributed by atoms with Gasteiger partial charge in [0, 0.05) is 12.1 Å². The van der Waals surface area contributed by atoms with Crippen molar-refractivity contribution in [2.24, 2.45) is 10.9 Å². The van der Waals surface area contributed by atoms with Crippen LogP contribution in [0.1, 0.15) is 18.9 Å². The third-order valence-corrected chi connectivity index (χ3v) is 2.68. The second kappa shape index (κ2) is 6.21. The molecule has 0 radical (unpaired) electrons. The zero-order valence-electron chi connectivity index (χ0n) is 11.3. The van der Waals surface area contributed by atoms with Crippen LogP contribution in [0.5, 0.6) is 11.5 Å². The monoisotopic (exact) mass is 296 g/mol. The minimum absolute atomic E-state index is 0.0819. The first-order valence-electron chi connectivity index (χ1n) is 6.22. The fourth-order valence-electron chi connectivity index (χ4n) is 1.73. The number of aryl methyl sites for hydroxylation is 1. The van der Waals surface area contributed by atoms with Crippen molar-refractivity contribution in [3.05, 3.63) is 41.7 Å². The molecule has 0 aliphatic heterocycles. The van der Waals surface area contributed by atoms with Crippen molar-refractivity contribution in [1.82, 2.24) is 9.78 Å². The largest absolute Gasteiger partial charge is 0.448 e. The minimum atomic E-state index is -0.958. The lowest BCUT2D eigenvalue weighted by molar-refractivity contribution is 0.318. The number of halogens is 2. The van der Waals surface area contributed by atoms with E-state index < -0.39 is 23.2 Å². The number of aromatic nitrogens is 2. The van der Waals surface area contributed by atoms with Gasteiger partial charge in [0.1, 0.15) is 0 Å². The summed E-state index contributed by atoms with van der Waals surface area (Å²) in [6, 6.07) is 1.84. The Morgan fingerprint density at radius 3 is 2.67 bits per heavy atom. The van der Waals surface area contributed by atoms with Crippen LogP contribution in [0.4, 0.5) is 8.78 Å². The summed E-state index contributed by atoms with van der Waals surface area (Å²) >= 11 is 0. The third kappa shape index (κ3) is 3.28. The molecule has 1 aromatic carbocycles. The van der Waals surface area contributed by atoms with Crippen molar-refractivity contribution < 1.29 is 18.7 Å². The first-order valence-corrected chi connectivity index (χ1v) is 6.22. The number of ether oxygens (including phenoxy) is 1. The molecule has 0 bridgehead atoms. The van der Waals surface area contributed by atoms with Crippen LogP contribution in [0.15, 0.2) is 29.7 Å². The highest BCUT2D eigenvalue weighted by Gasteiger charge is 2.16. The number of nitrogens with zero attached hydrogens (tertiary/aromatic N) is 3. The van der Waals surface area contributed by atoms with E-state index in [1.54, 1.807) is 10.9 Å². The SMILES string of the molecule is CCCn1cc(Oc2c(F)cc(/C(N)=N/O)cc2F)cn1. The lowest BCUT2D eigenvalue weighted by Crippen LogP contribution is -2.14. The Balaban J connectivity index is 2.27. The standard InChI is InChI=1S/C13H14F2N4O2/c1-2-3-19-7-9(6-17-19)21-12-10(14)4-8(5-11(12)15)13(16)18-20/h4-7,20H,2-3H2,1H3,(H2,16,18). The van der Waals surface area contributed by atoms with Crippen molar-refractivity contribution >= 4 is 5.84 Å². The number of hydrogen-bond donors (Lipinski definition) is 2. The van der Waals surface area contributed by atoms with E-state index in [1.165, 1.54) is 6.20 Å². The lowest BCUT2D eigenvalue weighted by atomic mass is 10.2. The van der Waals surface area contributed by atoms with Gasteiger partial charge in [0.15, 0.2) is 29.0 Å². The summed E-state index contributed by atoms with van der Waals surface area (Å²) in [4.78, 5) is 0. The summed E-state index contributed by atoms with van der Waals surface area (Å²) in [6.07, 6.45) is 3.78. The number of oxime groups is 1. The number of amidine groups is 1. The summed E-state index contributed by atoms with van der Waals surface area (Å²) in [6.45, 7) is 2.66. The molecule has 3 N–H and O–H groups in total. The first kappa shape index (κ1) is 14.8. The van der Waals surface area contributed by atoms with E-state index in [4.69, 9.17) is 15.7 Å². The Labute approximate surface area is 119 Å². The maximum absolute atomic E-state index is 13.9. The lowest BCUT2D eigenvalue weighted by Gasteiger charge is -2.07. The van der Waals surface area contributed by atoms with E-state index in [9.17, 15) is 8.78 Å². The zero-order chi connectivity index (χ0) is 15.4. The van der Waals surface area contributed by atoms with E-state index in [0.29, 0.717) is 6.54 Å². The number of benzene rings is 1. The highest BCUT2D eigenvalue weighted by atomic mass is 19.1. The maximum atomic E-state index is 13.9. The van der Waals surface area contributed by atoms with Crippen LogP contribution in [0.3, 0.4) is 0 Å². The molecule has 2 aromatic rings. The molecule has 0 saturated carbocycles. The molecule has 8 heteroatoms. The smallest absolute Gasteiger partial charge is 0.198 e. The van der Waals surface area contributed by atoms with E-state index in [0.717, 1.165) is 18.6 Å². The molecule has 0 atom stereocenters. The maximum Gasteiger partial charge on any atom is 0.198 e. The topological polar surface area (TPSA) is 85.7 Å². The van der Waals surface area contributed by atoms with Crippen molar-refractivity contribution in [1.29, 1.82) is 0 Å². The average molecular weight is 296 g/mol. The molecule has 0 unspecified atom stereocenters. The Morgan fingerprint density at radius 2 is 2.10 bits per heavy atom. The molecule has 6 nitrogen and oxygen atoms in total. The fourth-order valence-corrected chi connectivity index (χ4v) is 1.73. The highest BCUT2D eigenvalue weighted by molar-refractivity contribution is 5.97. The van der Waals surface area contributed by atoms with Crippen molar-refractivity contribution in [2.45, 2.75) is 19.9 Å². The van der Waals surface area contributed by atoms with Crippen LogP contribution in [0.25, 0.3) is 0 Å². The van der Waals surface area contributed by atoms with Crippen molar-refractivity contribution in [3.63, 3.8) is 0 Å². The van der Waals surface area contributed by atoms with Crippen LogP contribution in [-0.4, -0.2) is 20.8 Å². The van der Waals surface area contributed by atoms with Crippen LogP contribution in [-0.2, 0) is 6.54 Å². The molecule has 1 heterocycles. The molecule has 1 aromatic heterocycles. The molecule has 0 fully saturated rings. The average Bonchev–Trinajstić information content (AvgIpc) is 2.89. The predicted molar refractivity (Wildman–Crippen MR) is 71.5 cm³/mol.